The highest BCUT2D eigenvalue weighted by Gasteiger charge is 2.30. The minimum absolute atomic E-state index is 0.0138. The van der Waals surface area contributed by atoms with Crippen molar-refractivity contribution >= 4 is 11.6 Å². The highest BCUT2D eigenvalue weighted by atomic mass is 19.4. The molecule has 2 N–H and O–H groups in total. The lowest BCUT2D eigenvalue weighted by Gasteiger charge is -2.30. The monoisotopic (exact) mass is 443 g/mol. The molecule has 3 nitrogen and oxygen atoms in total. The van der Waals surface area contributed by atoms with E-state index < -0.39 is 17.6 Å². The van der Waals surface area contributed by atoms with Crippen molar-refractivity contribution in [3.05, 3.63) is 76.6 Å². The average Bonchev–Trinajstić information content (AvgIpc) is 2.67. The van der Waals surface area contributed by atoms with Crippen LogP contribution in [0.3, 0.4) is 0 Å². The van der Waals surface area contributed by atoms with Gasteiger partial charge in [0.1, 0.15) is 5.76 Å². The largest absolute Gasteiger partial charge is 0.511 e. The van der Waals surface area contributed by atoms with E-state index in [0.717, 1.165) is 30.5 Å². The molecular weight excluding hydrogens is 415 g/mol. The van der Waals surface area contributed by atoms with E-state index >= 15 is 0 Å². The Hall–Kier alpha value is -3.20. The van der Waals surface area contributed by atoms with Gasteiger partial charge in [0, 0.05) is 12.1 Å². The van der Waals surface area contributed by atoms with Crippen LogP contribution in [0.1, 0.15) is 45.6 Å². The lowest BCUT2D eigenvalue weighted by atomic mass is 9.75. The van der Waals surface area contributed by atoms with Crippen molar-refractivity contribution in [2.75, 3.05) is 5.32 Å². The molecule has 0 heterocycles. The van der Waals surface area contributed by atoms with Crippen LogP contribution >= 0.6 is 0 Å². The second kappa shape index (κ2) is 10.4. The Morgan fingerprint density at radius 1 is 1.31 bits per heavy atom. The molecule has 0 aromatic heterocycles. The molecule has 2 rings (SSSR count). The number of hydrogen-bond acceptors (Lipinski definition) is 2. The van der Waals surface area contributed by atoms with Crippen LogP contribution in [0.2, 0.25) is 0 Å². The third-order valence-corrected chi connectivity index (χ3v) is 5.61. The standard InChI is InChI=1S/C26H28F3NO2/c1-6-7-18(5)24(23(31)15-19-14-17(4)8-13-22(19)16(2)3)25(32)30-21-11-9-20(10-12-21)26(27,28)29/h1,7,9-12,14,19,22,31H,2,8,13,15H2,3-5H3,(H,30,32)/b18-7-,24-23-. The third kappa shape index (κ3) is 6.40. The summed E-state index contributed by atoms with van der Waals surface area (Å²) in [6.45, 7) is 9.65. The molecular formula is C26H28F3NO2. The predicted molar refractivity (Wildman–Crippen MR) is 122 cm³/mol. The van der Waals surface area contributed by atoms with Crippen LogP contribution < -0.4 is 5.32 Å². The van der Waals surface area contributed by atoms with Crippen molar-refractivity contribution < 1.29 is 23.1 Å². The first-order chi connectivity index (χ1) is 14.9. The number of aliphatic hydroxyl groups is 1. The molecule has 1 aromatic carbocycles. The normalized spacial score (nSPS) is 20.0. The van der Waals surface area contributed by atoms with Gasteiger partial charge in [-0.25, -0.2) is 0 Å². The number of anilines is 1. The number of aliphatic hydroxyl groups excluding tert-OH is 1. The molecule has 0 saturated carbocycles. The van der Waals surface area contributed by atoms with Gasteiger partial charge in [-0.15, -0.1) is 6.42 Å². The zero-order valence-corrected chi connectivity index (χ0v) is 18.5. The van der Waals surface area contributed by atoms with Gasteiger partial charge in [0.05, 0.1) is 11.1 Å². The smallest absolute Gasteiger partial charge is 0.416 e. The van der Waals surface area contributed by atoms with E-state index in [4.69, 9.17) is 6.42 Å². The van der Waals surface area contributed by atoms with Crippen molar-refractivity contribution in [1.82, 2.24) is 0 Å². The van der Waals surface area contributed by atoms with Gasteiger partial charge in [0.15, 0.2) is 0 Å². The van der Waals surface area contributed by atoms with Gasteiger partial charge in [-0.2, -0.15) is 13.2 Å². The second-order valence-corrected chi connectivity index (χ2v) is 8.22. The number of allylic oxidation sites excluding steroid dienone is 5. The molecule has 1 aromatic rings. The van der Waals surface area contributed by atoms with E-state index in [1.54, 1.807) is 6.92 Å². The Labute approximate surface area is 187 Å². The molecule has 2 atom stereocenters. The third-order valence-electron chi connectivity index (χ3n) is 5.61. The summed E-state index contributed by atoms with van der Waals surface area (Å²) in [6.07, 6.45) is 6.45. The minimum atomic E-state index is -4.47. The summed E-state index contributed by atoms with van der Waals surface area (Å²) in [6, 6.07) is 4.10. The van der Waals surface area contributed by atoms with Crippen molar-refractivity contribution in [1.29, 1.82) is 0 Å². The molecule has 0 aliphatic heterocycles. The summed E-state index contributed by atoms with van der Waals surface area (Å²) in [7, 11) is 0. The molecule has 0 bridgehead atoms. The van der Waals surface area contributed by atoms with Crippen LogP contribution in [0.5, 0.6) is 0 Å². The Balaban J connectivity index is 2.36. The number of halogens is 3. The fraction of sp³-hybridized carbons (Fsp3) is 0.346. The van der Waals surface area contributed by atoms with Crippen molar-refractivity contribution in [3.8, 4) is 12.3 Å². The zero-order chi connectivity index (χ0) is 24.1. The van der Waals surface area contributed by atoms with Crippen LogP contribution in [0.4, 0.5) is 18.9 Å². The second-order valence-electron chi connectivity index (χ2n) is 8.22. The number of carbonyl (C=O) groups is 1. The number of rotatable bonds is 6. The summed E-state index contributed by atoms with van der Waals surface area (Å²) in [5.41, 5.74) is 1.99. The number of benzene rings is 1. The predicted octanol–water partition coefficient (Wildman–Crippen LogP) is 6.97. The molecule has 0 fully saturated rings. The van der Waals surface area contributed by atoms with Gasteiger partial charge >= 0.3 is 6.18 Å². The molecule has 0 saturated heterocycles. The number of nitrogens with one attached hydrogen (secondary N) is 1. The lowest BCUT2D eigenvalue weighted by Crippen LogP contribution is -2.22. The van der Waals surface area contributed by atoms with Crippen LogP contribution in [0, 0.1) is 24.2 Å². The molecule has 170 valence electrons. The Kier molecular flexibility index (Phi) is 8.15. The van der Waals surface area contributed by atoms with E-state index in [9.17, 15) is 23.1 Å². The number of alkyl halides is 3. The number of hydrogen-bond donors (Lipinski definition) is 2. The number of terminal acetylenes is 1. The van der Waals surface area contributed by atoms with Crippen LogP contribution in [-0.4, -0.2) is 11.0 Å². The molecule has 6 heteroatoms. The summed E-state index contributed by atoms with van der Waals surface area (Å²) in [4.78, 5) is 13.0. The van der Waals surface area contributed by atoms with Crippen molar-refractivity contribution in [3.63, 3.8) is 0 Å². The first kappa shape index (κ1) is 25.1. The fourth-order valence-electron chi connectivity index (χ4n) is 3.97. The Morgan fingerprint density at radius 2 is 1.94 bits per heavy atom. The summed E-state index contributed by atoms with van der Waals surface area (Å²) >= 11 is 0. The molecule has 32 heavy (non-hydrogen) atoms. The van der Waals surface area contributed by atoms with Crippen molar-refractivity contribution in [2.45, 2.75) is 46.2 Å². The van der Waals surface area contributed by atoms with Gasteiger partial charge in [-0.3, -0.25) is 4.79 Å². The van der Waals surface area contributed by atoms with Crippen molar-refractivity contribution in [2.24, 2.45) is 11.8 Å². The number of amides is 1. The molecule has 0 spiro atoms. The average molecular weight is 444 g/mol. The highest BCUT2D eigenvalue weighted by molar-refractivity contribution is 6.07. The molecule has 0 radical (unpaired) electrons. The first-order valence-corrected chi connectivity index (χ1v) is 10.3. The minimum Gasteiger partial charge on any atom is -0.511 e. The maximum Gasteiger partial charge on any atom is 0.416 e. The topological polar surface area (TPSA) is 49.3 Å². The zero-order valence-electron chi connectivity index (χ0n) is 18.5. The van der Waals surface area contributed by atoms with Crippen LogP contribution in [-0.2, 0) is 11.0 Å². The van der Waals surface area contributed by atoms with Crippen LogP contribution in [0.15, 0.2) is 71.0 Å². The maximum atomic E-state index is 13.0. The van der Waals surface area contributed by atoms with Gasteiger partial charge in [0.25, 0.3) is 5.91 Å². The van der Waals surface area contributed by atoms with Gasteiger partial charge in [-0.05, 0) is 81.4 Å². The van der Waals surface area contributed by atoms with Gasteiger partial charge in [0.2, 0.25) is 0 Å². The quantitative estimate of drug-likeness (QED) is 0.164. The van der Waals surface area contributed by atoms with Gasteiger partial charge in [-0.1, -0.05) is 29.7 Å². The summed E-state index contributed by atoms with van der Waals surface area (Å²) in [5.74, 6) is 1.73. The van der Waals surface area contributed by atoms with E-state index in [2.05, 4.69) is 23.9 Å². The highest BCUT2D eigenvalue weighted by Crippen LogP contribution is 2.37. The number of carbonyl (C=O) groups excluding carboxylic acids is 1. The SMILES string of the molecule is C#C/C=C(C)\C(C(=O)Nc1ccc(C(F)(F)F)cc1)=C(\O)CC1C=C(C)CCC1C(=C)C. The fourth-order valence-corrected chi connectivity index (χ4v) is 3.97. The molecule has 1 aliphatic carbocycles. The first-order valence-electron chi connectivity index (χ1n) is 10.3. The van der Waals surface area contributed by atoms with E-state index in [1.807, 2.05) is 13.8 Å². The molecule has 2 unspecified atom stereocenters. The maximum absolute atomic E-state index is 13.0. The Morgan fingerprint density at radius 3 is 2.47 bits per heavy atom. The summed E-state index contributed by atoms with van der Waals surface area (Å²) in [5, 5.41) is 13.5. The Bertz CT molecular complexity index is 1000. The van der Waals surface area contributed by atoms with E-state index in [-0.39, 0.29) is 35.3 Å². The van der Waals surface area contributed by atoms with E-state index in [0.29, 0.717) is 5.57 Å². The molecule has 1 amide bonds. The van der Waals surface area contributed by atoms with Crippen LogP contribution in [0.25, 0.3) is 0 Å². The summed E-state index contributed by atoms with van der Waals surface area (Å²) < 4.78 is 38.3. The van der Waals surface area contributed by atoms with Gasteiger partial charge < -0.3 is 10.4 Å². The lowest BCUT2D eigenvalue weighted by molar-refractivity contribution is -0.137. The molecule has 1 aliphatic rings. The van der Waals surface area contributed by atoms with E-state index in [1.165, 1.54) is 23.8 Å².